The van der Waals surface area contributed by atoms with Crippen molar-refractivity contribution in [3.05, 3.63) is 27.7 Å². The molecular formula is C17H23BrN2O3. The molecule has 0 aromatic heterocycles. The standard InChI is InChI=1S/C17H23BrN2O3/c1-11-9-13(15(21)14(18)10-11)17(23)20-8-7-19-16(22)12-5-3-2-4-6-12/h9-10,12,21H,2-8H2,1H3,(H,19,22)(H,20,23). The fraction of sp³-hybridized carbons (Fsp3) is 0.529. The Morgan fingerprint density at radius 2 is 1.83 bits per heavy atom. The van der Waals surface area contributed by atoms with Crippen LogP contribution in [0.2, 0.25) is 0 Å². The number of phenolic OH excluding ortho intramolecular Hbond substituents is 1. The molecule has 1 fully saturated rings. The first kappa shape index (κ1) is 17.8. The number of rotatable bonds is 5. The molecule has 0 aliphatic heterocycles. The molecule has 126 valence electrons. The summed E-state index contributed by atoms with van der Waals surface area (Å²) in [6, 6.07) is 3.38. The van der Waals surface area contributed by atoms with E-state index in [-0.39, 0.29) is 29.0 Å². The molecule has 5 nitrogen and oxygen atoms in total. The maximum atomic E-state index is 12.1. The van der Waals surface area contributed by atoms with Gasteiger partial charge in [0, 0.05) is 19.0 Å². The molecule has 2 rings (SSSR count). The predicted molar refractivity (Wildman–Crippen MR) is 92.5 cm³/mol. The Morgan fingerprint density at radius 3 is 2.52 bits per heavy atom. The normalized spacial score (nSPS) is 15.2. The second kappa shape index (κ2) is 8.34. The van der Waals surface area contributed by atoms with Gasteiger partial charge in [0.2, 0.25) is 5.91 Å². The first-order chi connectivity index (χ1) is 11.0. The molecule has 1 saturated carbocycles. The zero-order valence-electron chi connectivity index (χ0n) is 13.3. The Bertz CT molecular complexity index is 583. The third kappa shape index (κ3) is 4.96. The monoisotopic (exact) mass is 382 g/mol. The quantitative estimate of drug-likeness (QED) is 0.685. The van der Waals surface area contributed by atoms with Gasteiger partial charge >= 0.3 is 0 Å². The summed E-state index contributed by atoms with van der Waals surface area (Å²) in [5.41, 5.74) is 1.11. The van der Waals surface area contributed by atoms with Crippen LogP contribution in [0.5, 0.6) is 5.75 Å². The molecule has 0 saturated heterocycles. The summed E-state index contributed by atoms with van der Waals surface area (Å²) in [7, 11) is 0. The van der Waals surface area contributed by atoms with Crippen molar-refractivity contribution in [2.24, 2.45) is 5.92 Å². The van der Waals surface area contributed by atoms with Crippen molar-refractivity contribution in [2.75, 3.05) is 13.1 Å². The lowest BCUT2D eigenvalue weighted by Gasteiger charge is -2.20. The van der Waals surface area contributed by atoms with E-state index >= 15 is 0 Å². The third-order valence-electron chi connectivity index (χ3n) is 4.14. The van der Waals surface area contributed by atoms with Crippen LogP contribution in [0.15, 0.2) is 16.6 Å². The van der Waals surface area contributed by atoms with Crippen molar-refractivity contribution >= 4 is 27.7 Å². The molecule has 0 bridgehead atoms. The summed E-state index contributed by atoms with van der Waals surface area (Å²) in [6.45, 7) is 2.59. The van der Waals surface area contributed by atoms with Gasteiger partial charge in [0.15, 0.2) is 0 Å². The van der Waals surface area contributed by atoms with Gasteiger partial charge < -0.3 is 15.7 Å². The number of phenols is 1. The highest BCUT2D eigenvalue weighted by molar-refractivity contribution is 9.10. The maximum Gasteiger partial charge on any atom is 0.255 e. The van der Waals surface area contributed by atoms with Gasteiger partial charge in [0.1, 0.15) is 5.75 Å². The molecule has 2 amide bonds. The Labute approximate surface area is 145 Å². The number of carbonyl (C=O) groups is 2. The number of aryl methyl sites for hydroxylation is 1. The van der Waals surface area contributed by atoms with Crippen LogP contribution in [0.1, 0.15) is 48.0 Å². The SMILES string of the molecule is Cc1cc(Br)c(O)c(C(=O)NCCNC(=O)C2CCCCC2)c1. The molecule has 1 aliphatic rings. The zero-order valence-corrected chi connectivity index (χ0v) is 14.9. The van der Waals surface area contributed by atoms with E-state index in [0.717, 1.165) is 31.2 Å². The number of amides is 2. The van der Waals surface area contributed by atoms with Crippen molar-refractivity contribution in [1.82, 2.24) is 10.6 Å². The molecule has 0 spiro atoms. The zero-order chi connectivity index (χ0) is 16.8. The number of benzene rings is 1. The largest absolute Gasteiger partial charge is 0.506 e. The van der Waals surface area contributed by atoms with Crippen LogP contribution >= 0.6 is 15.9 Å². The van der Waals surface area contributed by atoms with Gasteiger partial charge in [-0.05, 0) is 53.4 Å². The second-order valence-electron chi connectivity index (χ2n) is 6.02. The minimum Gasteiger partial charge on any atom is -0.506 e. The van der Waals surface area contributed by atoms with E-state index in [2.05, 4.69) is 26.6 Å². The number of hydrogen-bond acceptors (Lipinski definition) is 3. The fourth-order valence-corrected chi connectivity index (χ4v) is 3.45. The Kier molecular flexibility index (Phi) is 6.45. The second-order valence-corrected chi connectivity index (χ2v) is 6.88. The minimum atomic E-state index is -0.348. The molecule has 1 aliphatic carbocycles. The third-order valence-corrected chi connectivity index (χ3v) is 4.74. The van der Waals surface area contributed by atoms with Crippen molar-refractivity contribution in [2.45, 2.75) is 39.0 Å². The molecule has 23 heavy (non-hydrogen) atoms. The number of nitrogens with one attached hydrogen (secondary N) is 2. The summed E-state index contributed by atoms with van der Waals surface area (Å²) in [5, 5.41) is 15.5. The molecular weight excluding hydrogens is 360 g/mol. The van der Waals surface area contributed by atoms with Gasteiger partial charge in [-0.3, -0.25) is 9.59 Å². The molecule has 0 radical (unpaired) electrons. The molecule has 0 unspecified atom stereocenters. The van der Waals surface area contributed by atoms with Crippen LogP contribution in [0, 0.1) is 12.8 Å². The molecule has 1 aromatic carbocycles. The Balaban J connectivity index is 1.78. The average molecular weight is 383 g/mol. The molecule has 0 atom stereocenters. The Morgan fingerprint density at radius 1 is 1.17 bits per heavy atom. The maximum absolute atomic E-state index is 12.1. The molecule has 6 heteroatoms. The molecule has 1 aromatic rings. The van der Waals surface area contributed by atoms with E-state index in [0.29, 0.717) is 17.6 Å². The first-order valence-corrected chi connectivity index (χ1v) is 8.83. The van der Waals surface area contributed by atoms with Gasteiger partial charge in [-0.15, -0.1) is 0 Å². The summed E-state index contributed by atoms with van der Waals surface area (Å²) < 4.78 is 0.494. The predicted octanol–water partition coefficient (Wildman–Crippen LogP) is 2.89. The topological polar surface area (TPSA) is 78.4 Å². The van der Waals surface area contributed by atoms with E-state index in [1.807, 2.05) is 6.92 Å². The van der Waals surface area contributed by atoms with E-state index in [9.17, 15) is 14.7 Å². The number of carbonyl (C=O) groups excluding carboxylic acids is 2. The molecule has 0 heterocycles. The highest BCUT2D eigenvalue weighted by Crippen LogP contribution is 2.29. The van der Waals surface area contributed by atoms with E-state index in [4.69, 9.17) is 0 Å². The van der Waals surface area contributed by atoms with Crippen molar-refractivity contribution in [3.63, 3.8) is 0 Å². The van der Waals surface area contributed by atoms with Crippen molar-refractivity contribution in [1.29, 1.82) is 0 Å². The summed E-state index contributed by atoms with van der Waals surface area (Å²) >= 11 is 3.22. The minimum absolute atomic E-state index is 0.0701. The van der Waals surface area contributed by atoms with E-state index < -0.39 is 0 Å². The first-order valence-electron chi connectivity index (χ1n) is 8.04. The van der Waals surface area contributed by atoms with Crippen molar-refractivity contribution < 1.29 is 14.7 Å². The van der Waals surface area contributed by atoms with Gasteiger partial charge in [-0.2, -0.15) is 0 Å². The fourth-order valence-electron chi connectivity index (χ4n) is 2.87. The smallest absolute Gasteiger partial charge is 0.255 e. The lowest BCUT2D eigenvalue weighted by Crippen LogP contribution is -2.38. The van der Waals surface area contributed by atoms with Crippen LogP contribution in [-0.4, -0.2) is 30.0 Å². The van der Waals surface area contributed by atoms with Gasteiger partial charge in [0.05, 0.1) is 10.0 Å². The van der Waals surface area contributed by atoms with Crippen LogP contribution in [0.3, 0.4) is 0 Å². The van der Waals surface area contributed by atoms with Crippen LogP contribution in [-0.2, 0) is 4.79 Å². The summed E-state index contributed by atoms with van der Waals surface area (Å²) in [5.74, 6) is -0.213. The van der Waals surface area contributed by atoms with Gasteiger partial charge in [-0.25, -0.2) is 0 Å². The Hall–Kier alpha value is -1.56. The van der Waals surface area contributed by atoms with Crippen LogP contribution in [0.25, 0.3) is 0 Å². The van der Waals surface area contributed by atoms with Gasteiger partial charge in [-0.1, -0.05) is 19.3 Å². The molecule has 3 N–H and O–H groups in total. The lowest BCUT2D eigenvalue weighted by atomic mass is 9.89. The summed E-state index contributed by atoms with van der Waals surface area (Å²) in [4.78, 5) is 24.1. The van der Waals surface area contributed by atoms with Gasteiger partial charge in [0.25, 0.3) is 5.91 Å². The average Bonchev–Trinajstić information content (AvgIpc) is 2.55. The number of halogens is 1. The number of hydrogen-bond donors (Lipinski definition) is 3. The van der Waals surface area contributed by atoms with Crippen molar-refractivity contribution in [3.8, 4) is 5.75 Å². The van der Waals surface area contributed by atoms with E-state index in [1.54, 1.807) is 12.1 Å². The van der Waals surface area contributed by atoms with E-state index in [1.165, 1.54) is 6.42 Å². The summed E-state index contributed by atoms with van der Waals surface area (Å²) in [6.07, 6.45) is 5.38. The van der Waals surface area contributed by atoms with Crippen LogP contribution < -0.4 is 10.6 Å². The highest BCUT2D eigenvalue weighted by atomic mass is 79.9. The van der Waals surface area contributed by atoms with Crippen LogP contribution in [0.4, 0.5) is 0 Å². The lowest BCUT2D eigenvalue weighted by molar-refractivity contribution is -0.125. The highest BCUT2D eigenvalue weighted by Gasteiger charge is 2.20. The number of aromatic hydroxyl groups is 1.